The molecule has 2 aromatic heterocycles. The monoisotopic (exact) mass is 453 g/mol. The molecule has 0 spiro atoms. The molecule has 1 unspecified atom stereocenters. The summed E-state index contributed by atoms with van der Waals surface area (Å²) in [4.78, 5) is 14.2. The Morgan fingerprint density at radius 2 is 2.06 bits per heavy atom. The number of methoxy groups -OCH3 is 1. The number of hydrogen-bond acceptors (Lipinski definition) is 6. The van der Waals surface area contributed by atoms with E-state index in [1.165, 1.54) is 19.2 Å². The average Bonchev–Trinajstić information content (AvgIpc) is 3.43. The summed E-state index contributed by atoms with van der Waals surface area (Å²) in [5.74, 6) is -0.509. The van der Waals surface area contributed by atoms with Gasteiger partial charge in [0.15, 0.2) is 0 Å². The number of aromatic nitrogens is 4. The number of halogens is 1. The van der Waals surface area contributed by atoms with Crippen LogP contribution in [0.5, 0.6) is 0 Å². The van der Waals surface area contributed by atoms with Gasteiger partial charge in [-0.05, 0) is 73.2 Å². The Hall–Kier alpha value is -2.91. The molecule has 0 bridgehead atoms. The van der Waals surface area contributed by atoms with Gasteiger partial charge < -0.3 is 4.74 Å². The van der Waals surface area contributed by atoms with E-state index in [4.69, 9.17) is 4.74 Å². The van der Waals surface area contributed by atoms with Gasteiger partial charge in [0.25, 0.3) is 0 Å². The smallest absolute Gasteiger partial charge is 0.317 e. The normalized spacial score (nSPS) is 20.4. The van der Waals surface area contributed by atoms with Gasteiger partial charge >= 0.3 is 5.97 Å². The molecule has 166 valence electrons. The molecule has 5 rings (SSSR count). The van der Waals surface area contributed by atoms with Gasteiger partial charge in [-0.3, -0.25) is 9.48 Å². The second-order valence-electron chi connectivity index (χ2n) is 8.10. The van der Waals surface area contributed by atoms with Crippen LogP contribution < -0.4 is 0 Å². The van der Waals surface area contributed by atoms with Gasteiger partial charge in [-0.15, -0.1) is 0 Å². The maximum Gasteiger partial charge on any atom is 0.317 e. The molecule has 0 N–H and O–H groups in total. The van der Waals surface area contributed by atoms with Gasteiger partial charge in [0.1, 0.15) is 11.2 Å². The van der Waals surface area contributed by atoms with E-state index in [9.17, 15) is 9.18 Å². The number of benzene rings is 1. The summed E-state index contributed by atoms with van der Waals surface area (Å²) in [5.41, 5.74) is 3.02. The number of aryl methyl sites for hydroxylation is 1. The number of carbonyl (C=O) groups is 1. The molecule has 3 aromatic rings. The first-order chi connectivity index (χ1) is 15.5. The zero-order valence-electron chi connectivity index (χ0n) is 18.0. The minimum Gasteiger partial charge on any atom is -0.468 e. The van der Waals surface area contributed by atoms with Crippen LogP contribution in [0, 0.1) is 11.2 Å². The van der Waals surface area contributed by atoms with Crippen LogP contribution in [0.3, 0.4) is 0 Å². The number of esters is 1. The van der Waals surface area contributed by atoms with Crippen LogP contribution in [-0.2, 0) is 22.5 Å². The lowest BCUT2D eigenvalue weighted by Crippen LogP contribution is -2.50. The fourth-order valence-electron chi connectivity index (χ4n) is 4.56. The standard InChI is InChI=1S/C23H24FN5O2S/c1-3-27-14-20(13-25-27)32-28-9-8-17-10-21-16(11-23(17,15-28)22(30)31-2)12-26-29(21)19-6-4-18(24)5-7-19/h4-7,10,12-14H,3,8-9,11,15H2,1-2H3. The lowest BCUT2D eigenvalue weighted by molar-refractivity contribution is -0.151. The molecular formula is C23H24FN5O2S. The molecule has 1 atom stereocenters. The zero-order chi connectivity index (χ0) is 22.3. The van der Waals surface area contributed by atoms with Crippen molar-refractivity contribution in [1.82, 2.24) is 23.9 Å². The van der Waals surface area contributed by atoms with Gasteiger partial charge in [-0.1, -0.05) is 0 Å². The molecule has 0 amide bonds. The molecule has 1 fully saturated rings. The Balaban J connectivity index is 1.47. The topological polar surface area (TPSA) is 65.2 Å². The average molecular weight is 454 g/mol. The van der Waals surface area contributed by atoms with Crippen LogP contribution >= 0.6 is 11.9 Å². The molecule has 0 radical (unpaired) electrons. The number of nitrogens with zero attached hydrogens (tertiary/aromatic N) is 5. The number of hydrogen-bond donors (Lipinski definition) is 0. The summed E-state index contributed by atoms with van der Waals surface area (Å²) < 4.78 is 24.6. The van der Waals surface area contributed by atoms with E-state index in [1.54, 1.807) is 30.3 Å². The fourth-order valence-corrected chi connectivity index (χ4v) is 5.59. The molecule has 1 aromatic carbocycles. The minimum atomic E-state index is -0.746. The van der Waals surface area contributed by atoms with Crippen LogP contribution in [0.4, 0.5) is 4.39 Å². The van der Waals surface area contributed by atoms with E-state index < -0.39 is 5.41 Å². The molecule has 1 saturated heterocycles. The molecule has 1 aliphatic heterocycles. The van der Waals surface area contributed by atoms with Crippen molar-refractivity contribution >= 4 is 24.0 Å². The highest BCUT2D eigenvalue weighted by atomic mass is 32.2. The van der Waals surface area contributed by atoms with E-state index in [1.807, 2.05) is 21.8 Å². The van der Waals surface area contributed by atoms with E-state index in [-0.39, 0.29) is 11.8 Å². The third-order valence-electron chi connectivity index (χ3n) is 6.20. The highest BCUT2D eigenvalue weighted by Gasteiger charge is 2.49. The summed E-state index contributed by atoms with van der Waals surface area (Å²) in [7, 11) is 1.45. The Morgan fingerprint density at radius 1 is 1.25 bits per heavy atom. The van der Waals surface area contributed by atoms with E-state index in [2.05, 4.69) is 27.5 Å². The molecule has 32 heavy (non-hydrogen) atoms. The van der Waals surface area contributed by atoms with Crippen LogP contribution in [0.1, 0.15) is 24.6 Å². The fraction of sp³-hybridized carbons (Fsp3) is 0.348. The van der Waals surface area contributed by atoms with Crippen LogP contribution in [0.15, 0.2) is 53.3 Å². The number of carbonyl (C=O) groups excluding carboxylic acids is 1. The van der Waals surface area contributed by atoms with Crippen molar-refractivity contribution < 1.29 is 13.9 Å². The predicted molar refractivity (Wildman–Crippen MR) is 120 cm³/mol. The minimum absolute atomic E-state index is 0.224. The Bertz CT molecular complexity index is 1190. The maximum atomic E-state index is 13.4. The van der Waals surface area contributed by atoms with E-state index >= 15 is 0 Å². The summed E-state index contributed by atoms with van der Waals surface area (Å²) >= 11 is 1.63. The number of piperidine rings is 1. The van der Waals surface area contributed by atoms with Crippen molar-refractivity contribution in [3.8, 4) is 5.69 Å². The zero-order valence-corrected chi connectivity index (χ0v) is 18.8. The Kier molecular flexibility index (Phi) is 5.38. The van der Waals surface area contributed by atoms with Gasteiger partial charge in [-0.25, -0.2) is 13.4 Å². The molecular weight excluding hydrogens is 429 g/mol. The summed E-state index contributed by atoms with van der Waals surface area (Å²) in [6.45, 7) is 4.24. The largest absolute Gasteiger partial charge is 0.468 e. The Morgan fingerprint density at radius 3 is 2.78 bits per heavy atom. The quantitative estimate of drug-likeness (QED) is 0.433. The number of ether oxygens (including phenoxy) is 1. The third kappa shape index (κ3) is 3.55. The summed E-state index contributed by atoms with van der Waals surface area (Å²) in [6.07, 6.45) is 9.02. The number of fused-ring (bicyclic) bond motifs is 2. The third-order valence-corrected chi connectivity index (χ3v) is 7.19. The predicted octanol–water partition coefficient (Wildman–Crippen LogP) is 3.74. The molecule has 2 aliphatic rings. The second kappa shape index (κ2) is 8.22. The van der Waals surface area contributed by atoms with Crippen LogP contribution in [0.25, 0.3) is 11.8 Å². The SMILES string of the molecule is CCn1cc(SN2CCC3=Cc4c(cnn4-c4ccc(F)cc4)CC3(C(=O)OC)C2)cn1. The van der Waals surface area contributed by atoms with Gasteiger partial charge in [0.05, 0.1) is 35.8 Å². The second-order valence-corrected chi connectivity index (χ2v) is 9.27. The Labute approximate surface area is 190 Å². The van der Waals surface area contributed by atoms with Gasteiger partial charge in [-0.2, -0.15) is 10.2 Å². The van der Waals surface area contributed by atoms with Crippen molar-refractivity contribution in [2.45, 2.75) is 31.2 Å². The summed E-state index contributed by atoms with van der Waals surface area (Å²) in [5, 5.41) is 8.89. The van der Waals surface area contributed by atoms with Crippen LogP contribution in [0.2, 0.25) is 0 Å². The first kappa shape index (κ1) is 21.0. The van der Waals surface area contributed by atoms with Crippen molar-refractivity contribution in [3.05, 3.63) is 65.5 Å². The van der Waals surface area contributed by atoms with Crippen molar-refractivity contribution in [2.75, 3.05) is 20.2 Å². The highest BCUT2D eigenvalue weighted by molar-refractivity contribution is 7.97. The van der Waals surface area contributed by atoms with Crippen molar-refractivity contribution in [1.29, 1.82) is 0 Å². The highest BCUT2D eigenvalue weighted by Crippen LogP contribution is 2.47. The van der Waals surface area contributed by atoms with Gasteiger partial charge in [0, 0.05) is 25.8 Å². The molecule has 9 heteroatoms. The lowest BCUT2D eigenvalue weighted by atomic mass is 9.69. The molecule has 7 nitrogen and oxygen atoms in total. The van der Waals surface area contributed by atoms with Gasteiger partial charge in [0.2, 0.25) is 0 Å². The van der Waals surface area contributed by atoms with Crippen LogP contribution in [-0.4, -0.2) is 50.0 Å². The van der Waals surface area contributed by atoms with Crippen molar-refractivity contribution in [2.24, 2.45) is 5.41 Å². The lowest BCUT2D eigenvalue weighted by Gasteiger charge is -2.43. The molecule has 3 heterocycles. The number of rotatable bonds is 5. The van der Waals surface area contributed by atoms with Crippen molar-refractivity contribution in [3.63, 3.8) is 0 Å². The molecule has 0 saturated carbocycles. The summed E-state index contributed by atoms with van der Waals surface area (Å²) in [6, 6.07) is 6.26. The molecule has 1 aliphatic carbocycles. The maximum absolute atomic E-state index is 13.4. The van der Waals surface area contributed by atoms with E-state index in [0.717, 1.165) is 46.9 Å². The first-order valence-corrected chi connectivity index (χ1v) is 11.4. The van der Waals surface area contributed by atoms with E-state index in [0.29, 0.717) is 13.0 Å². The first-order valence-electron chi connectivity index (χ1n) is 10.6.